The van der Waals surface area contributed by atoms with Crippen LogP contribution in [0.25, 0.3) is 22.3 Å². The van der Waals surface area contributed by atoms with E-state index >= 15 is 0 Å². The van der Waals surface area contributed by atoms with Gasteiger partial charge < -0.3 is 5.32 Å². The van der Waals surface area contributed by atoms with E-state index in [0.717, 1.165) is 34.4 Å². The lowest BCUT2D eigenvalue weighted by molar-refractivity contribution is 0.0941. The number of carbonyl (C=O) groups excluding carboxylic acids is 1. The Morgan fingerprint density at radius 2 is 2.00 bits per heavy atom. The molecule has 24 heavy (non-hydrogen) atoms. The number of benzene rings is 1. The summed E-state index contributed by atoms with van der Waals surface area (Å²) in [6.45, 7) is 5.97. The first-order valence-corrected chi connectivity index (χ1v) is 8.22. The maximum atomic E-state index is 12.8. The Morgan fingerprint density at radius 3 is 2.67 bits per heavy atom. The van der Waals surface area contributed by atoms with E-state index in [0.29, 0.717) is 5.56 Å². The average molecular weight is 322 g/mol. The first-order chi connectivity index (χ1) is 11.5. The maximum Gasteiger partial charge on any atom is 0.252 e. The second kappa shape index (κ2) is 6.43. The number of hydrogen-bond donors (Lipinski definition) is 1. The first kappa shape index (κ1) is 16.2. The third kappa shape index (κ3) is 2.89. The normalized spacial score (nSPS) is 12.3. The monoisotopic (exact) mass is 322 g/mol. The number of fused-ring (bicyclic) bond motifs is 1. The van der Waals surface area contributed by atoms with Crippen LogP contribution in [0, 0.1) is 6.92 Å². The molecule has 0 bridgehead atoms. The molecule has 0 saturated heterocycles. The van der Waals surface area contributed by atoms with Crippen LogP contribution >= 0.6 is 0 Å². The minimum atomic E-state index is -0.0787. The number of aromatic nitrogens is 3. The molecule has 1 unspecified atom stereocenters. The Balaban J connectivity index is 2.20. The van der Waals surface area contributed by atoms with Crippen molar-refractivity contribution in [2.45, 2.75) is 33.2 Å². The Morgan fingerprint density at radius 1 is 1.29 bits per heavy atom. The van der Waals surface area contributed by atoms with Crippen LogP contribution in [0.2, 0.25) is 0 Å². The van der Waals surface area contributed by atoms with Crippen molar-refractivity contribution in [3.05, 3.63) is 47.7 Å². The zero-order valence-electron chi connectivity index (χ0n) is 14.5. The van der Waals surface area contributed by atoms with Gasteiger partial charge in [0, 0.05) is 18.7 Å². The van der Waals surface area contributed by atoms with Gasteiger partial charge in [0.05, 0.1) is 22.3 Å². The lowest BCUT2D eigenvalue weighted by Crippen LogP contribution is -2.32. The van der Waals surface area contributed by atoms with Gasteiger partial charge in [-0.25, -0.2) is 4.98 Å². The van der Waals surface area contributed by atoms with E-state index in [1.807, 2.05) is 57.3 Å². The molecular formula is C19H22N4O. The number of rotatable bonds is 4. The zero-order valence-corrected chi connectivity index (χ0v) is 14.5. The SMILES string of the molecule is CCC(C)NC(=O)c1cc(-c2ccccc2)nc2c1c(C)nn2C. The highest BCUT2D eigenvalue weighted by atomic mass is 16.1. The van der Waals surface area contributed by atoms with Crippen molar-refractivity contribution < 1.29 is 4.79 Å². The number of nitrogens with one attached hydrogen (secondary N) is 1. The average Bonchev–Trinajstić information content (AvgIpc) is 2.89. The van der Waals surface area contributed by atoms with Gasteiger partial charge >= 0.3 is 0 Å². The third-order valence-electron chi connectivity index (χ3n) is 4.27. The van der Waals surface area contributed by atoms with E-state index in [2.05, 4.69) is 17.3 Å². The van der Waals surface area contributed by atoms with E-state index in [1.54, 1.807) is 4.68 Å². The summed E-state index contributed by atoms with van der Waals surface area (Å²) in [6.07, 6.45) is 0.886. The standard InChI is InChI=1S/C19H22N4O/c1-5-12(2)20-19(24)15-11-16(14-9-7-6-8-10-14)21-18-17(15)13(3)22-23(18)4/h6-12H,5H2,1-4H3,(H,20,24). The molecule has 0 spiro atoms. The van der Waals surface area contributed by atoms with E-state index < -0.39 is 0 Å². The molecule has 1 amide bonds. The highest BCUT2D eigenvalue weighted by molar-refractivity contribution is 6.07. The lowest BCUT2D eigenvalue weighted by atomic mass is 10.0. The fourth-order valence-corrected chi connectivity index (χ4v) is 2.78. The predicted molar refractivity (Wildman–Crippen MR) is 95.9 cm³/mol. The highest BCUT2D eigenvalue weighted by Gasteiger charge is 2.19. The molecule has 0 aliphatic carbocycles. The van der Waals surface area contributed by atoms with Crippen molar-refractivity contribution in [2.75, 3.05) is 0 Å². The fourth-order valence-electron chi connectivity index (χ4n) is 2.78. The molecule has 2 aromatic heterocycles. The zero-order chi connectivity index (χ0) is 17.3. The van der Waals surface area contributed by atoms with E-state index in [1.165, 1.54) is 0 Å². The molecule has 0 aliphatic rings. The van der Waals surface area contributed by atoms with Gasteiger partial charge in [0.2, 0.25) is 0 Å². The molecule has 1 aromatic carbocycles. The summed E-state index contributed by atoms with van der Waals surface area (Å²) in [6, 6.07) is 11.9. The van der Waals surface area contributed by atoms with Gasteiger partial charge in [-0.2, -0.15) is 5.10 Å². The van der Waals surface area contributed by atoms with Crippen LogP contribution in [0.5, 0.6) is 0 Å². The molecule has 3 rings (SSSR count). The smallest absolute Gasteiger partial charge is 0.252 e. The molecule has 0 radical (unpaired) electrons. The van der Waals surface area contributed by atoms with Crippen molar-refractivity contribution in [3.63, 3.8) is 0 Å². The molecule has 2 heterocycles. The number of pyridine rings is 1. The van der Waals surface area contributed by atoms with Gasteiger partial charge in [0.25, 0.3) is 5.91 Å². The molecule has 1 N–H and O–H groups in total. The van der Waals surface area contributed by atoms with Crippen molar-refractivity contribution in [3.8, 4) is 11.3 Å². The molecule has 124 valence electrons. The maximum absolute atomic E-state index is 12.8. The first-order valence-electron chi connectivity index (χ1n) is 8.22. The summed E-state index contributed by atoms with van der Waals surface area (Å²) in [7, 11) is 1.85. The number of amides is 1. The van der Waals surface area contributed by atoms with E-state index in [9.17, 15) is 4.79 Å². The van der Waals surface area contributed by atoms with Crippen molar-refractivity contribution in [1.29, 1.82) is 0 Å². The van der Waals surface area contributed by atoms with Crippen molar-refractivity contribution in [2.24, 2.45) is 7.05 Å². The summed E-state index contributed by atoms with van der Waals surface area (Å²) < 4.78 is 1.73. The van der Waals surface area contributed by atoms with E-state index in [-0.39, 0.29) is 11.9 Å². The van der Waals surface area contributed by atoms with Gasteiger partial charge in [-0.3, -0.25) is 9.48 Å². The van der Waals surface area contributed by atoms with Crippen LogP contribution in [0.1, 0.15) is 36.3 Å². The molecular weight excluding hydrogens is 300 g/mol. The van der Waals surface area contributed by atoms with Gasteiger partial charge in [-0.05, 0) is 26.3 Å². The van der Waals surface area contributed by atoms with Gasteiger partial charge in [0.15, 0.2) is 5.65 Å². The van der Waals surface area contributed by atoms with Crippen LogP contribution in [0.3, 0.4) is 0 Å². The van der Waals surface area contributed by atoms with Crippen LogP contribution < -0.4 is 5.32 Å². The summed E-state index contributed by atoms with van der Waals surface area (Å²) in [5.74, 6) is -0.0787. The summed E-state index contributed by atoms with van der Waals surface area (Å²) in [5, 5.41) is 8.31. The molecule has 5 nitrogen and oxygen atoms in total. The number of aryl methyl sites for hydroxylation is 2. The molecule has 0 fully saturated rings. The largest absolute Gasteiger partial charge is 0.350 e. The highest BCUT2D eigenvalue weighted by Crippen LogP contribution is 2.26. The molecule has 5 heteroatoms. The van der Waals surface area contributed by atoms with Gasteiger partial charge in [-0.15, -0.1) is 0 Å². The van der Waals surface area contributed by atoms with Gasteiger partial charge in [-0.1, -0.05) is 37.3 Å². The summed E-state index contributed by atoms with van der Waals surface area (Å²) in [5.41, 5.74) is 3.93. The minimum absolute atomic E-state index is 0.0787. The third-order valence-corrected chi connectivity index (χ3v) is 4.27. The second-order valence-electron chi connectivity index (χ2n) is 6.11. The quantitative estimate of drug-likeness (QED) is 0.800. The van der Waals surface area contributed by atoms with Crippen LogP contribution in [0.4, 0.5) is 0 Å². The number of hydrogen-bond acceptors (Lipinski definition) is 3. The summed E-state index contributed by atoms with van der Waals surface area (Å²) >= 11 is 0. The number of carbonyl (C=O) groups is 1. The Bertz CT molecular complexity index is 883. The topological polar surface area (TPSA) is 59.8 Å². The van der Waals surface area contributed by atoms with Crippen molar-refractivity contribution >= 4 is 16.9 Å². The Labute approximate surface area is 141 Å². The molecule has 0 aliphatic heterocycles. The number of nitrogens with zero attached hydrogens (tertiary/aromatic N) is 3. The van der Waals surface area contributed by atoms with Gasteiger partial charge in [0.1, 0.15) is 0 Å². The van der Waals surface area contributed by atoms with E-state index in [4.69, 9.17) is 4.98 Å². The Hall–Kier alpha value is -2.69. The molecule has 1 atom stereocenters. The molecule has 0 saturated carbocycles. The molecule has 3 aromatic rings. The van der Waals surface area contributed by atoms with Crippen LogP contribution in [0.15, 0.2) is 36.4 Å². The second-order valence-corrected chi connectivity index (χ2v) is 6.11. The summed E-state index contributed by atoms with van der Waals surface area (Å²) in [4.78, 5) is 17.5. The Kier molecular flexibility index (Phi) is 4.34. The van der Waals surface area contributed by atoms with Crippen LogP contribution in [-0.2, 0) is 7.05 Å². The predicted octanol–water partition coefficient (Wildman–Crippen LogP) is 3.47. The fraction of sp³-hybridized carbons (Fsp3) is 0.316. The van der Waals surface area contributed by atoms with Crippen LogP contribution in [-0.4, -0.2) is 26.7 Å². The minimum Gasteiger partial charge on any atom is -0.350 e. The lowest BCUT2D eigenvalue weighted by Gasteiger charge is -2.13. The van der Waals surface area contributed by atoms with Crippen molar-refractivity contribution in [1.82, 2.24) is 20.1 Å².